The number of aryl methyl sites for hydroxylation is 2. The maximum Gasteiger partial charge on any atom is 0.260 e. The summed E-state index contributed by atoms with van der Waals surface area (Å²) in [6, 6.07) is 15.5. The number of unbranched alkanes of at least 4 members (excludes halogenated alkanes) is 2. The van der Waals surface area contributed by atoms with Gasteiger partial charge in [-0.3, -0.25) is 14.7 Å². The number of thiazole rings is 1. The van der Waals surface area contributed by atoms with Crippen LogP contribution in [0.15, 0.2) is 60.9 Å². The van der Waals surface area contributed by atoms with Crippen LogP contribution >= 0.6 is 11.3 Å². The molecule has 4 rings (SSSR count). The summed E-state index contributed by atoms with van der Waals surface area (Å²) in [4.78, 5) is 24.5. The fraction of sp³-hybridized carbons (Fsp3) is 0.296. The van der Waals surface area contributed by atoms with Crippen LogP contribution in [0.25, 0.3) is 10.2 Å². The average molecular weight is 460 g/mol. The molecule has 2 aromatic heterocycles. The lowest BCUT2D eigenvalue weighted by Crippen LogP contribution is -2.30. The normalized spacial score (nSPS) is 11.0. The van der Waals surface area contributed by atoms with E-state index in [0.717, 1.165) is 40.6 Å². The van der Waals surface area contributed by atoms with Crippen LogP contribution in [0.3, 0.4) is 0 Å². The third-order valence-electron chi connectivity index (χ3n) is 5.46. The van der Waals surface area contributed by atoms with Crippen molar-refractivity contribution in [1.29, 1.82) is 0 Å². The van der Waals surface area contributed by atoms with E-state index in [1.165, 1.54) is 5.56 Å². The van der Waals surface area contributed by atoms with Crippen LogP contribution in [0.4, 0.5) is 5.13 Å². The van der Waals surface area contributed by atoms with Crippen molar-refractivity contribution in [3.63, 3.8) is 0 Å². The molecular weight excluding hydrogens is 430 g/mol. The molecule has 1 amide bonds. The number of fused-ring (bicyclic) bond motifs is 1. The maximum absolute atomic E-state index is 13.7. The second-order valence-corrected chi connectivity index (χ2v) is 9.27. The molecule has 0 aliphatic carbocycles. The maximum atomic E-state index is 13.7. The molecule has 2 heterocycles. The summed E-state index contributed by atoms with van der Waals surface area (Å²) in [6.07, 6.45) is 6.81. The molecule has 0 saturated carbocycles. The van der Waals surface area contributed by atoms with Crippen LogP contribution in [0.2, 0.25) is 0 Å². The van der Waals surface area contributed by atoms with Gasteiger partial charge in [-0.1, -0.05) is 49.3 Å². The molecule has 0 aliphatic heterocycles. The first kappa shape index (κ1) is 22.9. The molecule has 6 heteroatoms. The van der Waals surface area contributed by atoms with Crippen molar-refractivity contribution >= 4 is 32.6 Å². The summed E-state index contributed by atoms with van der Waals surface area (Å²) in [6.45, 7) is 7.36. The smallest absolute Gasteiger partial charge is 0.260 e. The number of ether oxygens (including phenoxy) is 1. The molecule has 0 N–H and O–H groups in total. The monoisotopic (exact) mass is 459 g/mol. The van der Waals surface area contributed by atoms with Crippen molar-refractivity contribution in [3.05, 3.63) is 83.2 Å². The average Bonchev–Trinajstić information content (AvgIpc) is 3.25. The Balaban J connectivity index is 1.67. The van der Waals surface area contributed by atoms with E-state index >= 15 is 0 Å². The Morgan fingerprint density at radius 1 is 1.09 bits per heavy atom. The second-order valence-electron chi connectivity index (χ2n) is 8.26. The van der Waals surface area contributed by atoms with Gasteiger partial charge in [0.15, 0.2) is 5.13 Å². The van der Waals surface area contributed by atoms with Crippen LogP contribution < -0.4 is 9.64 Å². The lowest BCUT2D eigenvalue weighted by Gasteiger charge is -2.20. The Morgan fingerprint density at radius 3 is 2.76 bits per heavy atom. The van der Waals surface area contributed by atoms with E-state index in [2.05, 4.69) is 37.9 Å². The van der Waals surface area contributed by atoms with Gasteiger partial charge in [0.1, 0.15) is 5.75 Å². The highest BCUT2D eigenvalue weighted by atomic mass is 32.1. The van der Waals surface area contributed by atoms with Gasteiger partial charge < -0.3 is 4.74 Å². The molecule has 0 radical (unpaired) electrons. The lowest BCUT2D eigenvalue weighted by atomic mass is 10.1. The van der Waals surface area contributed by atoms with E-state index in [1.54, 1.807) is 28.6 Å². The minimum Gasteiger partial charge on any atom is -0.494 e. The van der Waals surface area contributed by atoms with E-state index in [1.807, 2.05) is 36.4 Å². The van der Waals surface area contributed by atoms with E-state index in [9.17, 15) is 4.79 Å². The highest BCUT2D eigenvalue weighted by molar-refractivity contribution is 7.22. The zero-order chi connectivity index (χ0) is 23.2. The lowest BCUT2D eigenvalue weighted by molar-refractivity contribution is 0.0984. The zero-order valence-corrected chi connectivity index (χ0v) is 20.2. The van der Waals surface area contributed by atoms with Gasteiger partial charge in [-0.25, -0.2) is 4.98 Å². The second kappa shape index (κ2) is 10.6. The number of hydrogen-bond donors (Lipinski definition) is 0. The zero-order valence-electron chi connectivity index (χ0n) is 19.4. The number of carbonyl (C=O) groups is 1. The van der Waals surface area contributed by atoms with Crippen LogP contribution in [0.5, 0.6) is 5.75 Å². The molecule has 0 spiro atoms. The molecule has 5 nitrogen and oxygen atoms in total. The summed E-state index contributed by atoms with van der Waals surface area (Å²) in [5.41, 5.74) is 4.78. The van der Waals surface area contributed by atoms with Gasteiger partial charge >= 0.3 is 0 Å². The van der Waals surface area contributed by atoms with E-state index in [4.69, 9.17) is 9.72 Å². The number of hydrogen-bond acceptors (Lipinski definition) is 5. The van der Waals surface area contributed by atoms with E-state index in [0.29, 0.717) is 29.6 Å². The first-order valence-electron chi connectivity index (χ1n) is 11.4. The predicted molar refractivity (Wildman–Crippen MR) is 135 cm³/mol. The van der Waals surface area contributed by atoms with Gasteiger partial charge in [-0.15, -0.1) is 0 Å². The Bertz CT molecular complexity index is 1240. The van der Waals surface area contributed by atoms with Gasteiger partial charge in [0.05, 0.1) is 23.4 Å². The van der Waals surface area contributed by atoms with Gasteiger partial charge in [0.25, 0.3) is 5.91 Å². The fourth-order valence-corrected chi connectivity index (χ4v) is 4.93. The number of amides is 1. The first-order valence-corrected chi connectivity index (χ1v) is 12.2. The van der Waals surface area contributed by atoms with Crippen molar-refractivity contribution in [2.45, 2.75) is 46.6 Å². The van der Waals surface area contributed by atoms with Gasteiger partial charge in [0.2, 0.25) is 0 Å². The van der Waals surface area contributed by atoms with Crippen molar-refractivity contribution in [3.8, 4) is 5.75 Å². The first-order chi connectivity index (χ1) is 16.0. The Kier molecular flexibility index (Phi) is 7.35. The number of carbonyl (C=O) groups excluding carboxylic acids is 1. The molecule has 33 heavy (non-hydrogen) atoms. The highest BCUT2D eigenvalue weighted by Gasteiger charge is 2.23. The molecule has 0 atom stereocenters. The van der Waals surface area contributed by atoms with Crippen molar-refractivity contribution < 1.29 is 9.53 Å². The molecule has 0 unspecified atom stereocenters. The Hall–Kier alpha value is -3.25. The summed E-state index contributed by atoms with van der Waals surface area (Å²) in [5.74, 6) is 0.611. The van der Waals surface area contributed by atoms with E-state index in [-0.39, 0.29) is 5.91 Å². The molecule has 0 bridgehead atoms. The number of aromatic nitrogens is 2. The Morgan fingerprint density at radius 2 is 1.97 bits per heavy atom. The molecule has 0 fully saturated rings. The molecule has 170 valence electrons. The van der Waals surface area contributed by atoms with Gasteiger partial charge in [-0.05, 0) is 67.3 Å². The number of anilines is 1. The number of pyridine rings is 1. The summed E-state index contributed by atoms with van der Waals surface area (Å²) >= 11 is 1.54. The Labute approximate surface area is 199 Å². The van der Waals surface area contributed by atoms with E-state index < -0.39 is 0 Å². The van der Waals surface area contributed by atoms with Gasteiger partial charge in [0, 0.05) is 18.0 Å². The summed E-state index contributed by atoms with van der Waals surface area (Å²) in [7, 11) is 0. The van der Waals surface area contributed by atoms with Crippen LogP contribution in [0.1, 0.15) is 53.2 Å². The van der Waals surface area contributed by atoms with Gasteiger partial charge in [-0.2, -0.15) is 0 Å². The SMILES string of the molecule is CCCCCOc1cccc(C(=O)N(Cc2cccnc2)c2nc3c(C)cc(C)cc3s2)c1. The minimum atomic E-state index is -0.105. The van der Waals surface area contributed by atoms with Crippen molar-refractivity contribution in [2.75, 3.05) is 11.5 Å². The topological polar surface area (TPSA) is 55.3 Å². The molecular formula is C27H29N3O2S. The third kappa shape index (κ3) is 5.57. The summed E-state index contributed by atoms with van der Waals surface area (Å²) in [5, 5.41) is 0.682. The number of nitrogens with zero attached hydrogens (tertiary/aromatic N) is 3. The third-order valence-corrected chi connectivity index (χ3v) is 6.48. The quantitative estimate of drug-likeness (QED) is 0.261. The minimum absolute atomic E-state index is 0.105. The van der Waals surface area contributed by atoms with Crippen molar-refractivity contribution in [2.24, 2.45) is 0 Å². The highest BCUT2D eigenvalue weighted by Crippen LogP contribution is 2.33. The molecule has 0 saturated heterocycles. The number of benzene rings is 2. The predicted octanol–water partition coefficient (Wildman–Crippen LogP) is 6.72. The van der Waals surface area contributed by atoms with Crippen LogP contribution in [-0.2, 0) is 6.54 Å². The number of rotatable bonds is 9. The van der Waals surface area contributed by atoms with Crippen LogP contribution in [-0.4, -0.2) is 22.5 Å². The molecule has 4 aromatic rings. The fourth-order valence-electron chi connectivity index (χ4n) is 3.79. The van der Waals surface area contributed by atoms with Crippen LogP contribution in [0, 0.1) is 13.8 Å². The molecule has 2 aromatic carbocycles. The largest absolute Gasteiger partial charge is 0.494 e. The van der Waals surface area contributed by atoms with Crippen molar-refractivity contribution in [1.82, 2.24) is 9.97 Å². The summed E-state index contributed by atoms with van der Waals surface area (Å²) < 4.78 is 6.97. The molecule has 0 aliphatic rings. The standard InChI is InChI=1S/C27H29N3O2S/c1-4-5-6-13-32-23-11-7-10-22(16-23)26(31)30(18-21-9-8-12-28-17-21)27-29-25-20(3)14-19(2)15-24(25)33-27/h7-12,14-17H,4-6,13,18H2,1-3H3.